The van der Waals surface area contributed by atoms with E-state index < -0.39 is 0 Å². The number of hydrogen-bond acceptors (Lipinski definition) is 2. The summed E-state index contributed by atoms with van der Waals surface area (Å²) in [7, 11) is 0. The number of rotatable bonds is 3. The summed E-state index contributed by atoms with van der Waals surface area (Å²) in [5.74, 6) is 0.742. The maximum atomic E-state index is 13.5. The number of aromatic nitrogens is 2. The fourth-order valence-electron chi connectivity index (χ4n) is 3.73. The molecule has 0 spiro atoms. The van der Waals surface area contributed by atoms with Crippen molar-refractivity contribution in [1.29, 1.82) is 0 Å². The summed E-state index contributed by atoms with van der Waals surface area (Å²) < 4.78 is 1.78. The lowest BCUT2D eigenvalue weighted by Crippen LogP contribution is -2.24. The van der Waals surface area contributed by atoms with Crippen LogP contribution in [0.2, 0.25) is 0 Å². The molecule has 0 aliphatic rings. The molecule has 0 saturated carbocycles. The van der Waals surface area contributed by atoms with Gasteiger partial charge in [-0.25, -0.2) is 4.98 Å². The van der Waals surface area contributed by atoms with Gasteiger partial charge in [-0.3, -0.25) is 9.36 Å². The van der Waals surface area contributed by atoms with E-state index in [2.05, 4.69) is 30.3 Å². The SMILES string of the molecule is O=c1c2ccccc2nc(Cc2ccccc2)n1-c1cccc2ccccc12. The van der Waals surface area contributed by atoms with E-state index in [0.29, 0.717) is 11.8 Å². The van der Waals surface area contributed by atoms with E-state index in [4.69, 9.17) is 4.98 Å². The van der Waals surface area contributed by atoms with Gasteiger partial charge < -0.3 is 0 Å². The van der Waals surface area contributed by atoms with Crippen molar-refractivity contribution >= 4 is 21.7 Å². The van der Waals surface area contributed by atoms with Gasteiger partial charge in [0.2, 0.25) is 0 Å². The third-order valence-corrected chi connectivity index (χ3v) is 5.06. The maximum Gasteiger partial charge on any atom is 0.265 e. The molecule has 0 bridgehead atoms. The normalized spacial score (nSPS) is 11.1. The third-order valence-electron chi connectivity index (χ3n) is 5.06. The lowest BCUT2D eigenvalue weighted by atomic mass is 10.1. The van der Waals surface area contributed by atoms with Gasteiger partial charge in [0.15, 0.2) is 0 Å². The highest BCUT2D eigenvalue weighted by Crippen LogP contribution is 2.23. The Morgan fingerprint density at radius 1 is 0.679 bits per heavy atom. The molecule has 0 fully saturated rings. The van der Waals surface area contributed by atoms with Crippen molar-refractivity contribution < 1.29 is 0 Å². The second-order valence-electron chi connectivity index (χ2n) is 6.85. The van der Waals surface area contributed by atoms with Gasteiger partial charge in [0.25, 0.3) is 5.56 Å². The lowest BCUT2D eigenvalue weighted by molar-refractivity contribution is 0.855. The summed E-state index contributed by atoms with van der Waals surface area (Å²) in [6.45, 7) is 0. The second kappa shape index (κ2) is 6.78. The van der Waals surface area contributed by atoms with Crippen molar-refractivity contribution in [2.75, 3.05) is 0 Å². The first kappa shape index (κ1) is 16.5. The zero-order valence-corrected chi connectivity index (χ0v) is 15.2. The van der Waals surface area contributed by atoms with Crippen LogP contribution in [0.3, 0.4) is 0 Å². The van der Waals surface area contributed by atoms with Crippen LogP contribution in [0.25, 0.3) is 27.4 Å². The van der Waals surface area contributed by atoms with E-state index in [0.717, 1.165) is 33.4 Å². The van der Waals surface area contributed by atoms with E-state index in [1.165, 1.54) is 0 Å². The van der Waals surface area contributed by atoms with E-state index >= 15 is 0 Å². The second-order valence-corrected chi connectivity index (χ2v) is 6.85. The van der Waals surface area contributed by atoms with Gasteiger partial charge >= 0.3 is 0 Å². The molecule has 0 aliphatic heterocycles. The van der Waals surface area contributed by atoms with Gasteiger partial charge in [0, 0.05) is 11.8 Å². The van der Waals surface area contributed by atoms with Crippen LogP contribution in [0.5, 0.6) is 0 Å². The first-order chi connectivity index (χ1) is 13.8. The van der Waals surface area contributed by atoms with Crippen LogP contribution in [-0.4, -0.2) is 9.55 Å². The fourth-order valence-corrected chi connectivity index (χ4v) is 3.73. The summed E-state index contributed by atoms with van der Waals surface area (Å²) in [6, 6.07) is 31.9. The quantitative estimate of drug-likeness (QED) is 0.446. The Morgan fingerprint density at radius 3 is 2.21 bits per heavy atom. The zero-order chi connectivity index (χ0) is 18.9. The maximum absolute atomic E-state index is 13.5. The van der Waals surface area contributed by atoms with Crippen LogP contribution in [0, 0.1) is 0 Å². The highest BCUT2D eigenvalue weighted by molar-refractivity contribution is 5.90. The van der Waals surface area contributed by atoms with Crippen LogP contribution < -0.4 is 5.56 Å². The van der Waals surface area contributed by atoms with Crippen molar-refractivity contribution in [3.8, 4) is 5.69 Å². The largest absolute Gasteiger partial charge is 0.268 e. The van der Waals surface area contributed by atoms with E-state index in [1.54, 1.807) is 4.57 Å². The summed E-state index contributed by atoms with van der Waals surface area (Å²) in [6.07, 6.45) is 0.587. The van der Waals surface area contributed by atoms with Crippen molar-refractivity contribution in [1.82, 2.24) is 9.55 Å². The Labute approximate surface area is 162 Å². The topological polar surface area (TPSA) is 34.9 Å². The number of para-hydroxylation sites is 1. The van der Waals surface area contributed by atoms with Gasteiger partial charge in [0.1, 0.15) is 5.82 Å². The molecule has 1 aromatic heterocycles. The Balaban J connectivity index is 1.84. The predicted molar refractivity (Wildman–Crippen MR) is 114 cm³/mol. The Morgan fingerprint density at radius 2 is 1.36 bits per heavy atom. The first-order valence-corrected chi connectivity index (χ1v) is 9.34. The number of hydrogen-bond donors (Lipinski definition) is 0. The molecule has 28 heavy (non-hydrogen) atoms. The molecule has 0 radical (unpaired) electrons. The summed E-state index contributed by atoms with van der Waals surface area (Å²) in [5, 5.41) is 2.77. The fraction of sp³-hybridized carbons (Fsp3) is 0.0400. The van der Waals surface area contributed by atoms with Crippen molar-refractivity contribution in [3.63, 3.8) is 0 Å². The molecular weight excluding hydrogens is 344 g/mol. The van der Waals surface area contributed by atoms with Gasteiger partial charge in [-0.15, -0.1) is 0 Å². The molecule has 0 N–H and O–H groups in total. The minimum atomic E-state index is -0.0344. The third kappa shape index (κ3) is 2.78. The molecule has 5 rings (SSSR count). The van der Waals surface area contributed by atoms with Gasteiger partial charge in [-0.2, -0.15) is 0 Å². The molecular formula is C25H18N2O. The van der Waals surface area contributed by atoms with Gasteiger partial charge in [-0.05, 0) is 29.1 Å². The monoisotopic (exact) mass is 362 g/mol. The average molecular weight is 362 g/mol. The minimum absolute atomic E-state index is 0.0344. The first-order valence-electron chi connectivity index (χ1n) is 9.34. The van der Waals surface area contributed by atoms with Crippen molar-refractivity contribution in [2.24, 2.45) is 0 Å². The van der Waals surface area contributed by atoms with Crippen molar-refractivity contribution in [3.05, 3.63) is 119 Å². The van der Waals surface area contributed by atoms with Crippen LogP contribution in [-0.2, 0) is 6.42 Å². The Hall–Kier alpha value is -3.72. The molecule has 0 atom stereocenters. The van der Waals surface area contributed by atoms with Gasteiger partial charge in [-0.1, -0.05) is 78.9 Å². The average Bonchev–Trinajstić information content (AvgIpc) is 2.75. The summed E-state index contributed by atoms with van der Waals surface area (Å²) in [4.78, 5) is 18.4. The standard InChI is InChI=1S/C25H18N2O/c28-25-21-14-6-7-15-22(21)26-24(17-18-9-2-1-3-10-18)27(25)23-16-8-12-19-11-4-5-13-20(19)23/h1-16H,17H2. The van der Waals surface area contributed by atoms with Crippen LogP contribution in [0.15, 0.2) is 102 Å². The Kier molecular flexibility index (Phi) is 3.99. The number of benzene rings is 4. The molecule has 3 heteroatoms. The van der Waals surface area contributed by atoms with Crippen molar-refractivity contribution in [2.45, 2.75) is 6.42 Å². The van der Waals surface area contributed by atoms with Crippen LogP contribution >= 0.6 is 0 Å². The van der Waals surface area contributed by atoms with Crippen LogP contribution in [0.1, 0.15) is 11.4 Å². The molecule has 5 aromatic rings. The molecule has 0 aliphatic carbocycles. The zero-order valence-electron chi connectivity index (χ0n) is 15.2. The number of nitrogens with zero attached hydrogens (tertiary/aromatic N) is 2. The van der Waals surface area contributed by atoms with E-state index in [9.17, 15) is 4.79 Å². The molecule has 134 valence electrons. The van der Waals surface area contributed by atoms with E-state index in [-0.39, 0.29) is 5.56 Å². The number of fused-ring (bicyclic) bond motifs is 2. The molecule has 3 nitrogen and oxygen atoms in total. The molecule has 1 heterocycles. The highest BCUT2D eigenvalue weighted by atomic mass is 16.1. The minimum Gasteiger partial charge on any atom is -0.268 e. The highest BCUT2D eigenvalue weighted by Gasteiger charge is 2.15. The molecule has 4 aromatic carbocycles. The summed E-state index contributed by atoms with van der Waals surface area (Å²) >= 11 is 0. The molecule has 0 unspecified atom stereocenters. The summed E-state index contributed by atoms with van der Waals surface area (Å²) in [5.41, 5.74) is 2.69. The molecule has 0 amide bonds. The lowest BCUT2D eigenvalue weighted by Gasteiger charge is -2.16. The van der Waals surface area contributed by atoms with Crippen LogP contribution in [0.4, 0.5) is 0 Å². The smallest absolute Gasteiger partial charge is 0.265 e. The Bertz CT molecular complexity index is 1350. The van der Waals surface area contributed by atoms with Gasteiger partial charge in [0.05, 0.1) is 16.6 Å². The van der Waals surface area contributed by atoms with E-state index in [1.807, 2.05) is 66.7 Å². The predicted octanol–water partition coefficient (Wildman–Crippen LogP) is 5.13. The molecule has 0 saturated heterocycles.